The minimum Gasteiger partial charge on any atom is -0.461 e. The summed E-state index contributed by atoms with van der Waals surface area (Å²) in [6.07, 6.45) is 1.18. The first-order valence-corrected chi connectivity index (χ1v) is 7.56. The Morgan fingerprint density at radius 2 is 1.77 bits per heavy atom. The number of para-hydroxylation sites is 1. The Bertz CT molecular complexity index is 774. The summed E-state index contributed by atoms with van der Waals surface area (Å²) in [5.41, 5.74) is 4.24. The Hall–Kier alpha value is -2.55. The minimum atomic E-state index is -0.191. The summed E-state index contributed by atoms with van der Waals surface area (Å²) in [4.78, 5) is 15.5. The average molecular weight is 293 g/mol. The molecule has 0 aliphatic rings. The number of nitrogens with one attached hydrogen (secondary N) is 1. The van der Waals surface area contributed by atoms with Gasteiger partial charge in [0.05, 0.1) is 6.42 Å². The lowest BCUT2D eigenvalue weighted by atomic mass is 10.1. The molecule has 3 nitrogen and oxygen atoms in total. The molecule has 0 saturated heterocycles. The normalized spacial score (nSPS) is 10.8. The van der Waals surface area contributed by atoms with E-state index in [4.69, 9.17) is 4.74 Å². The van der Waals surface area contributed by atoms with E-state index in [9.17, 15) is 4.79 Å². The number of carbonyl (C=O) groups is 1. The Labute approximate surface area is 129 Å². The maximum atomic E-state index is 12.2. The van der Waals surface area contributed by atoms with Gasteiger partial charge < -0.3 is 9.72 Å². The predicted molar refractivity (Wildman–Crippen MR) is 87.6 cm³/mol. The van der Waals surface area contributed by atoms with Gasteiger partial charge in [0.2, 0.25) is 0 Å². The highest BCUT2D eigenvalue weighted by Crippen LogP contribution is 2.23. The zero-order chi connectivity index (χ0) is 15.4. The number of aryl methyl sites for hydroxylation is 1. The number of esters is 1. The number of ether oxygens (including phenoxy) is 1. The van der Waals surface area contributed by atoms with E-state index in [1.165, 1.54) is 0 Å². The molecule has 0 aliphatic carbocycles. The fourth-order valence-corrected chi connectivity index (χ4v) is 2.69. The maximum absolute atomic E-state index is 12.2. The van der Waals surface area contributed by atoms with Gasteiger partial charge in [0.1, 0.15) is 6.61 Å². The van der Waals surface area contributed by atoms with Crippen molar-refractivity contribution < 1.29 is 9.53 Å². The molecule has 1 N–H and O–H groups in total. The molecule has 1 heterocycles. The number of rotatable bonds is 5. The summed E-state index contributed by atoms with van der Waals surface area (Å²) in [6.45, 7) is 2.41. The van der Waals surface area contributed by atoms with Crippen molar-refractivity contribution in [2.45, 2.75) is 26.4 Å². The molecule has 0 aliphatic heterocycles. The van der Waals surface area contributed by atoms with E-state index in [-0.39, 0.29) is 5.97 Å². The Morgan fingerprint density at radius 3 is 2.55 bits per heavy atom. The average Bonchev–Trinajstić information content (AvgIpc) is 2.92. The summed E-state index contributed by atoms with van der Waals surface area (Å²) in [5.74, 6) is -0.191. The number of fused-ring (bicyclic) bond motifs is 1. The van der Waals surface area contributed by atoms with Crippen molar-refractivity contribution in [1.29, 1.82) is 0 Å². The summed E-state index contributed by atoms with van der Waals surface area (Å²) in [7, 11) is 0. The largest absolute Gasteiger partial charge is 0.461 e. The third-order valence-electron chi connectivity index (χ3n) is 3.82. The SMILES string of the molecule is CCc1[nH]c2ccccc2c1CC(=O)OCc1ccccc1. The van der Waals surface area contributed by atoms with Crippen LogP contribution in [0.3, 0.4) is 0 Å². The fraction of sp³-hybridized carbons (Fsp3) is 0.211. The van der Waals surface area contributed by atoms with E-state index in [0.29, 0.717) is 13.0 Å². The van der Waals surface area contributed by atoms with Gasteiger partial charge in [-0.2, -0.15) is 0 Å². The predicted octanol–water partition coefficient (Wildman–Crippen LogP) is 4.02. The van der Waals surface area contributed by atoms with Crippen molar-refractivity contribution in [2.75, 3.05) is 0 Å². The second-order valence-electron chi connectivity index (χ2n) is 5.30. The van der Waals surface area contributed by atoms with Crippen molar-refractivity contribution >= 4 is 16.9 Å². The Balaban J connectivity index is 1.73. The van der Waals surface area contributed by atoms with Gasteiger partial charge in [0, 0.05) is 16.6 Å². The van der Waals surface area contributed by atoms with Crippen LogP contribution in [0.1, 0.15) is 23.7 Å². The van der Waals surface area contributed by atoms with Crippen LogP contribution >= 0.6 is 0 Å². The molecule has 3 aromatic rings. The standard InChI is InChI=1S/C19H19NO2/c1-2-17-16(15-10-6-7-11-18(15)20-17)12-19(21)22-13-14-8-4-3-5-9-14/h3-11,20H,2,12-13H2,1H3. The molecular weight excluding hydrogens is 274 g/mol. The number of aromatic nitrogens is 1. The van der Waals surface area contributed by atoms with E-state index < -0.39 is 0 Å². The monoisotopic (exact) mass is 293 g/mol. The number of H-pyrrole nitrogens is 1. The number of hydrogen-bond acceptors (Lipinski definition) is 2. The third-order valence-corrected chi connectivity index (χ3v) is 3.82. The quantitative estimate of drug-likeness (QED) is 0.722. The molecule has 112 valence electrons. The first-order chi connectivity index (χ1) is 10.8. The molecule has 2 aromatic carbocycles. The molecular formula is C19H19NO2. The Kier molecular flexibility index (Phi) is 4.24. The second-order valence-corrected chi connectivity index (χ2v) is 5.30. The molecule has 0 bridgehead atoms. The lowest BCUT2D eigenvalue weighted by Crippen LogP contribution is -2.09. The van der Waals surface area contributed by atoms with Gasteiger partial charge in [-0.05, 0) is 23.6 Å². The molecule has 0 fully saturated rings. The minimum absolute atomic E-state index is 0.191. The summed E-state index contributed by atoms with van der Waals surface area (Å²) in [5, 5.41) is 1.11. The smallest absolute Gasteiger partial charge is 0.310 e. The van der Waals surface area contributed by atoms with Gasteiger partial charge in [-0.25, -0.2) is 0 Å². The zero-order valence-electron chi connectivity index (χ0n) is 12.6. The highest BCUT2D eigenvalue weighted by atomic mass is 16.5. The molecule has 0 radical (unpaired) electrons. The van der Waals surface area contributed by atoms with Crippen LogP contribution in [0.15, 0.2) is 54.6 Å². The molecule has 1 aromatic heterocycles. The number of carbonyl (C=O) groups excluding carboxylic acids is 1. The van der Waals surface area contributed by atoms with Crippen LogP contribution in [0.2, 0.25) is 0 Å². The van der Waals surface area contributed by atoms with E-state index in [1.54, 1.807) is 0 Å². The van der Waals surface area contributed by atoms with Crippen LogP contribution < -0.4 is 0 Å². The van der Waals surface area contributed by atoms with Gasteiger partial charge in [-0.1, -0.05) is 55.5 Å². The molecule has 0 spiro atoms. The van der Waals surface area contributed by atoms with Crippen molar-refractivity contribution in [3.8, 4) is 0 Å². The van der Waals surface area contributed by atoms with Gasteiger partial charge in [0.25, 0.3) is 0 Å². The van der Waals surface area contributed by atoms with Crippen LogP contribution in [0, 0.1) is 0 Å². The van der Waals surface area contributed by atoms with Crippen molar-refractivity contribution in [3.63, 3.8) is 0 Å². The lowest BCUT2D eigenvalue weighted by molar-refractivity contribution is -0.144. The topological polar surface area (TPSA) is 42.1 Å². The van der Waals surface area contributed by atoms with Crippen LogP contribution in [-0.2, 0) is 29.0 Å². The van der Waals surface area contributed by atoms with E-state index >= 15 is 0 Å². The molecule has 0 saturated carbocycles. The summed E-state index contributed by atoms with van der Waals surface area (Å²) in [6, 6.07) is 17.8. The van der Waals surface area contributed by atoms with Crippen molar-refractivity contribution in [1.82, 2.24) is 4.98 Å². The van der Waals surface area contributed by atoms with Crippen LogP contribution in [0.25, 0.3) is 10.9 Å². The molecule has 0 atom stereocenters. The highest BCUT2D eigenvalue weighted by Gasteiger charge is 2.14. The van der Waals surface area contributed by atoms with Crippen molar-refractivity contribution in [2.24, 2.45) is 0 Å². The van der Waals surface area contributed by atoms with Crippen LogP contribution in [0.5, 0.6) is 0 Å². The zero-order valence-corrected chi connectivity index (χ0v) is 12.6. The Morgan fingerprint density at radius 1 is 1.05 bits per heavy atom. The van der Waals surface area contributed by atoms with E-state index in [1.807, 2.05) is 54.6 Å². The molecule has 3 rings (SSSR count). The van der Waals surface area contributed by atoms with Gasteiger partial charge in [-0.3, -0.25) is 4.79 Å². The highest BCUT2D eigenvalue weighted by molar-refractivity contribution is 5.88. The van der Waals surface area contributed by atoms with Gasteiger partial charge in [0.15, 0.2) is 0 Å². The number of aromatic amines is 1. The lowest BCUT2D eigenvalue weighted by Gasteiger charge is -2.06. The van der Waals surface area contributed by atoms with Crippen LogP contribution in [0.4, 0.5) is 0 Å². The van der Waals surface area contributed by atoms with E-state index in [0.717, 1.165) is 34.1 Å². The maximum Gasteiger partial charge on any atom is 0.310 e. The van der Waals surface area contributed by atoms with Crippen molar-refractivity contribution in [3.05, 3.63) is 71.4 Å². The van der Waals surface area contributed by atoms with Gasteiger partial charge in [-0.15, -0.1) is 0 Å². The van der Waals surface area contributed by atoms with E-state index in [2.05, 4.69) is 11.9 Å². The molecule has 3 heteroatoms. The number of hydrogen-bond donors (Lipinski definition) is 1. The summed E-state index contributed by atoms with van der Waals surface area (Å²) >= 11 is 0. The summed E-state index contributed by atoms with van der Waals surface area (Å²) < 4.78 is 5.40. The first kappa shape index (κ1) is 14.4. The fourth-order valence-electron chi connectivity index (χ4n) is 2.69. The molecule has 22 heavy (non-hydrogen) atoms. The number of benzene rings is 2. The second kappa shape index (κ2) is 6.48. The van der Waals surface area contributed by atoms with Crippen LogP contribution in [-0.4, -0.2) is 11.0 Å². The molecule has 0 amide bonds. The first-order valence-electron chi connectivity index (χ1n) is 7.56. The van der Waals surface area contributed by atoms with Gasteiger partial charge >= 0.3 is 5.97 Å². The molecule has 0 unspecified atom stereocenters. The third kappa shape index (κ3) is 3.03.